The molecule has 2 aromatic carbocycles. The van der Waals surface area contributed by atoms with Gasteiger partial charge in [0.1, 0.15) is 5.82 Å². The third kappa shape index (κ3) is 5.15. The second-order valence-corrected chi connectivity index (χ2v) is 5.83. The molecule has 0 spiro atoms. The van der Waals surface area contributed by atoms with Gasteiger partial charge in [-0.3, -0.25) is 9.59 Å². The molecule has 3 rings (SSSR count). The zero-order valence-corrected chi connectivity index (χ0v) is 14.8. The number of ether oxygens (including phenoxy) is 1. The highest BCUT2D eigenvalue weighted by Gasteiger charge is 2.06. The predicted molar refractivity (Wildman–Crippen MR) is 104 cm³/mol. The molecule has 3 aromatic rings. The molecule has 1 aromatic heterocycles. The summed E-state index contributed by atoms with van der Waals surface area (Å²) in [5.74, 6) is 0.193. The van der Waals surface area contributed by atoms with E-state index >= 15 is 0 Å². The van der Waals surface area contributed by atoms with Crippen molar-refractivity contribution < 1.29 is 14.3 Å². The molecule has 6 heteroatoms. The van der Waals surface area contributed by atoms with Crippen molar-refractivity contribution in [2.75, 3.05) is 17.7 Å². The highest BCUT2D eigenvalue weighted by molar-refractivity contribution is 6.04. The first-order valence-electron chi connectivity index (χ1n) is 8.39. The fourth-order valence-electron chi connectivity index (χ4n) is 2.43. The number of hydrogen-bond acceptors (Lipinski definition) is 5. The van der Waals surface area contributed by atoms with Gasteiger partial charge in [-0.15, -0.1) is 0 Å². The molecule has 6 nitrogen and oxygen atoms in total. The van der Waals surface area contributed by atoms with Gasteiger partial charge in [0.25, 0.3) is 5.91 Å². The summed E-state index contributed by atoms with van der Waals surface area (Å²) in [6, 6.07) is 20.0. The summed E-state index contributed by atoms with van der Waals surface area (Å²) in [4.78, 5) is 27.7. The van der Waals surface area contributed by atoms with Gasteiger partial charge in [0.05, 0.1) is 25.4 Å². The van der Waals surface area contributed by atoms with Crippen LogP contribution in [-0.4, -0.2) is 24.0 Å². The number of methoxy groups -OCH3 is 1. The monoisotopic (exact) mass is 361 g/mol. The molecule has 0 saturated carbocycles. The van der Waals surface area contributed by atoms with Crippen LogP contribution >= 0.6 is 0 Å². The lowest BCUT2D eigenvalue weighted by Gasteiger charge is -2.08. The van der Waals surface area contributed by atoms with Gasteiger partial charge in [-0.25, -0.2) is 4.98 Å². The fourth-order valence-corrected chi connectivity index (χ4v) is 2.43. The van der Waals surface area contributed by atoms with Crippen LogP contribution < -0.4 is 10.6 Å². The quantitative estimate of drug-likeness (QED) is 0.653. The third-order valence-electron chi connectivity index (χ3n) is 3.86. The van der Waals surface area contributed by atoms with Crippen molar-refractivity contribution in [1.82, 2.24) is 4.98 Å². The average molecular weight is 361 g/mol. The molecule has 1 heterocycles. The van der Waals surface area contributed by atoms with Crippen LogP contribution in [0.25, 0.3) is 0 Å². The SMILES string of the molecule is COC(=O)Cc1ccc(Nc2ccc(NC(=O)c3ccccc3)cn2)cc1. The Hall–Kier alpha value is -3.67. The van der Waals surface area contributed by atoms with Gasteiger partial charge in [-0.2, -0.15) is 0 Å². The van der Waals surface area contributed by atoms with Gasteiger partial charge < -0.3 is 15.4 Å². The minimum absolute atomic E-state index is 0.181. The van der Waals surface area contributed by atoms with Crippen molar-refractivity contribution in [3.8, 4) is 0 Å². The Bertz CT molecular complexity index is 908. The number of aromatic nitrogens is 1. The van der Waals surface area contributed by atoms with Gasteiger partial charge in [0.15, 0.2) is 0 Å². The van der Waals surface area contributed by atoms with Crippen LogP contribution in [0.3, 0.4) is 0 Å². The molecular weight excluding hydrogens is 342 g/mol. The number of hydrogen-bond donors (Lipinski definition) is 2. The maximum atomic E-state index is 12.1. The number of nitrogens with zero attached hydrogens (tertiary/aromatic N) is 1. The minimum atomic E-state index is -0.273. The summed E-state index contributed by atoms with van der Waals surface area (Å²) in [7, 11) is 1.37. The Morgan fingerprint density at radius 1 is 0.926 bits per heavy atom. The van der Waals surface area contributed by atoms with Crippen molar-refractivity contribution in [2.45, 2.75) is 6.42 Å². The van der Waals surface area contributed by atoms with Crippen molar-refractivity contribution in [1.29, 1.82) is 0 Å². The molecule has 0 saturated heterocycles. The van der Waals surface area contributed by atoms with Crippen molar-refractivity contribution >= 4 is 29.1 Å². The summed E-state index contributed by atoms with van der Waals surface area (Å²) in [5.41, 5.74) is 2.92. The molecule has 0 aliphatic carbocycles. The van der Waals surface area contributed by atoms with E-state index < -0.39 is 0 Å². The number of anilines is 3. The van der Waals surface area contributed by atoms with Crippen molar-refractivity contribution in [2.24, 2.45) is 0 Å². The van der Waals surface area contributed by atoms with Gasteiger partial charge in [0.2, 0.25) is 0 Å². The maximum Gasteiger partial charge on any atom is 0.309 e. The Balaban J connectivity index is 1.59. The number of nitrogens with one attached hydrogen (secondary N) is 2. The number of rotatable bonds is 6. The van der Waals surface area contributed by atoms with E-state index in [2.05, 4.69) is 20.4 Å². The molecule has 2 N–H and O–H groups in total. The smallest absolute Gasteiger partial charge is 0.309 e. The maximum absolute atomic E-state index is 12.1. The fraction of sp³-hybridized carbons (Fsp3) is 0.0952. The molecule has 0 unspecified atom stereocenters. The average Bonchev–Trinajstić information content (AvgIpc) is 2.71. The lowest BCUT2D eigenvalue weighted by molar-refractivity contribution is -0.139. The van der Waals surface area contributed by atoms with Crippen LogP contribution in [0.1, 0.15) is 15.9 Å². The molecule has 1 amide bonds. The van der Waals surface area contributed by atoms with Crippen LogP contribution in [0.5, 0.6) is 0 Å². The minimum Gasteiger partial charge on any atom is -0.469 e. The molecule has 0 atom stereocenters. The lowest BCUT2D eigenvalue weighted by atomic mass is 10.1. The Labute approximate surface area is 157 Å². The van der Waals surface area contributed by atoms with Gasteiger partial charge in [-0.05, 0) is 42.0 Å². The first kappa shape index (κ1) is 18.1. The third-order valence-corrected chi connectivity index (χ3v) is 3.86. The Morgan fingerprint density at radius 2 is 1.63 bits per heavy atom. The lowest BCUT2D eigenvalue weighted by Crippen LogP contribution is -2.11. The van der Waals surface area contributed by atoms with E-state index in [9.17, 15) is 9.59 Å². The van der Waals surface area contributed by atoms with Crippen LogP contribution in [-0.2, 0) is 16.0 Å². The van der Waals surface area contributed by atoms with E-state index in [1.165, 1.54) is 7.11 Å². The van der Waals surface area contributed by atoms with Crippen molar-refractivity contribution in [3.05, 3.63) is 84.1 Å². The number of esters is 1. The summed E-state index contributed by atoms with van der Waals surface area (Å²) >= 11 is 0. The van der Waals surface area contributed by atoms with E-state index in [-0.39, 0.29) is 18.3 Å². The van der Waals surface area contributed by atoms with Crippen LogP contribution in [0.15, 0.2) is 72.9 Å². The summed E-state index contributed by atoms with van der Waals surface area (Å²) < 4.78 is 4.65. The topological polar surface area (TPSA) is 80.3 Å². The standard InChI is InChI=1S/C21H19N3O3/c1-27-20(25)13-15-7-9-17(10-8-15)23-19-12-11-18(14-22-19)24-21(26)16-5-3-2-4-6-16/h2-12,14H,13H2,1H3,(H,22,23)(H,24,26). The second kappa shape index (κ2) is 8.62. The second-order valence-electron chi connectivity index (χ2n) is 5.83. The number of carbonyl (C=O) groups is 2. The van der Waals surface area contributed by atoms with Crippen LogP contribution in [0, 0.1) is 0 Å². The van der Waals surface area contributed by atoms with E-state index in [4.69, 9.17) is 0 Å². The van der Waals surface area contributed by atoms with E-state index in [1.807, 2.05) is 42.5 Å². The molecule has 0 aliphatic heterocycles. The zero-order valence-electron chi connectivity index (χ0n) is 14.8. The molecule has 136 valence electrons. The summed E-state index contributed by atoms with van der Waals surface area (Å²) in [5, 5.41) is 5.98. The molecule has 0 aliphatic rings. The van der Waals surface area contributed by atoms with E-state index in [0.717, 1.165) is 11.3 Å². The normalized spacial score (nSPS) is 10.1. The van der Waals surface area contributed by atoms with Crippen molar-refractivity contribution in [3.63, 3.8) is 0 Å². The van der Waals surface area contributed by atoms with E-state index in [0.29, 0.717) is 17.1 Å². The number of carbonyl (C=O) groups excluding carboxylic acids is 2. The predicted octanol–water partition coefficient (Wildman–Crippen LogP) is 3.79. The van der Waals surface area contributed by atoms with Crippen LogP contribution in [0.4, 0.5) is 17.2 Å². The zero-order chi connectivity index (χ0) is 19.1. The molecule has 0 radical (unpaired) electrons. The first-order valence-corrected chi connectivity index (χ1v) is 8.39. The number of benzene rings is 2. The van der Waals surface area contributed by atoms with Gasteiger partial charge in [0, 0.05) is 11.3 Å². The first-order chi connectivity index (χ1) is 13.1. The molecular formula is C21H19N3O3. The van der Waals surface area contributed by atoms with Gasteiger partial charge >= 0.3 is 5.97 Å². The van der Waals surface area contributed by atoms with Crippen LogP contribution in [0.2, 0.25) is 0 Å². The molecule has 0 fully saturated rings. The Kier molecular flexibility index (Phi) is 5.79. The summed E-state index contributed by atoms with van der Waals surface area (Å²) in [6.07, 6.45) is 1.83. The number of pyridine rings is 1. The van der Waals surface area contributed by atoms with Gasteiger partial charge in [-0.1, -0.05) is 30.3 Å². The Morgan fingerprint density at radius 3 is 2.26 bits per heavy atom. The van der Waals surface area contributed by atoms with E-state index in [1.54, 1.807) is 30.5 Å². The molecule has 27 heavy (non-hydrogen) atoms. The molecule has 0 bridgehead atoms. The largest absolute Gasteiger partial charge is 0.469 e. The highest BCUT2D eigenvalue weighted by atomic mass is 16.5. The highest BCUT2D eigenvalue weighted by Crippen LogP contribution is 2.17. The number of amides is 1. The summed E-state index contributed by atoms with van der Waals surface area (Å²) in [6.45, 7) is 0.